The van der Waals surface area contributed by atoms with Crippen LogP contribution in [0.5, 0.6) is 0 Å². The summed E-state index contributed by atoms with van der Waals surface area (Å²) in [6.45, 7) is 4.87. The zero-order valence-electron chi connectivity index (χ0n) is 13.9. The third-order valence-electron chi connectivity index (χ3n) is 4.36. The van der Waals surface area contributed by atoms with Crippen LogP contribution in [0.15, 0.2) is 35.8 Å². The van der Waals surface area contributed by atoms with Crippen LogP contribution in [-0.4, -0.2) is 34.3 Å². The zero-order valence-corrected chi connectivity index (χ0v) is 14.7. The number of fused-ring (bicyclic) bond motifs is 1. The molecule has 1 N–H and O–H groups in total. The number of pyridine rings is 1. The molecular weight excluding hydrogens is 322 g/mol. The van der Waals surface area contributed by atoms with Crippen LogP contribution in [0.25, 0.3) is 0 Å². The van der Waals surface area contributed by atoms with Crippen molar-refractivity contribution in [3.63, 3.8) is 0 Å². The quantitative estimate of drug-likeness (QED) is 0.928. The minimum Gasteiger partial charge on any atom is -0.353 e. The molecule has 24 heavy (non-hydrogen) atoms. The molecule has 0 aromatic carbocycles. The van der Waals surface area contributed by atoms with Gasteiger partial charge >= 0.3 is 0 Å². The Labute approximate surface area is 145 Å². The minimum atomic E-state index is -0.423. The molecule has 0 aliphatic carbocycles. The van der Waals surface area contributed by atoms with Crippen molar-refractivity contribution >= 4 is 23.2 Å². The highest BCUT2D eigenvalue weighted by molar-refractivity contribution is 7.12. The second kappa shape index (κ2) is 7.13. The standard InChI is InChI=1S/C18H21N3O2S/c1-3-12(2)20-17(22)14-11-21(18(23)15-7-5-9-24-15)10-13-6-4-8-19-16(13)14/h4-9,12,14H,3,10-11H2,1-2H3,(H,20,22). The van der Waals surface area contributed by atoms with Crippen LogP contribution in [-0.2, 0) is 11.3 Å². The molecule has 0 spiro atoms. The number of nitrogens with one attached hydrogen (secondary N) is 1. The molecular formula is C18H21N3O2S. The number of hydrogen-bond donors (Lipinski definition) is 1. The lowest BCUT2D eigenvalue weighted by molar-refractivity contribution is -0.123. The molecule has 1 aliphatic rings. The lowest BCUT2D eigenvalue weighted by Crippen LogP contribution is -2.45. The van der Waals surface area contributed by atoms with E-state index in [1.165, 1.54) is 11.3 Å². The first-order chi connectivity index (χ1) is 11.6. The van der Waals surface area contributed by atoms with E-state index >= 15 is 0 Å². The van der Waals surface area contributed by atoms with Crippen molar-refractivity contribution in [2.75, 3.05) is 6.54 Å². The van der Waals surface area contributed by atoms with Gasteiger partial charge in [-0.05, 0) is 36.4 Å². The first kappa shape index (κ1) is 16.6. The van der Waals surface area contributed by atoms with Gasteiger partial charge in [-0.25, -0.2) is 0 Å². The summed E-state index contributed by atoms with van der Waals surface area (Å²) in [5.74, 6) is -0.512. The highest BCUT2D eigenvalue weighted by Gasteiger charge is 2.34. The molecule has 0 fully saturated rings. The lowest BCUT2D eigenvalue weighted by atomic mass is 9.93. The van der Waals surface area contributed by atoms with Crippen LogP contribution in [0.2, 0.25) is 0 Å². The Morgan fingerprint density at radius 1 is 1.42 bits per heavy atom. The predicted molar refractivity (Wildman–Crippen MR) is 93.9 cm³/mol. The SMILES string of the molecule is CCC(C)NC(=O)C1CN(C(=O)c2cccs2)Cc2cccnc21. The van der Waals surface area contributed by atoms with E-state index in [9.17, 15) is 9.59 Å². The zero-order chi connectivity index (χ0) is 17.1. The molecule has 2 unspecified atom stereocenters. The van der Waals surface area contributed by atoms with Gasteiger partial charge in [0.2, 0.25) is 5.91 Å². The normalized spacial score (nSPS) is 17.9. The molecule has 3 heterocycles. The van der Waals surface area contributed by atoms with E-state index in [0.717, 1.165) is 17.7 Å². The van der Waals surface area contributed by atoms with Crippen molar-refractivity contribution < 1.29 is 9.59 Å². The maximum absolute atomic E-state index is 12.7. The molecule has 6 heteroatoms. The molecule has 3 rings (SSSR count). The van der Waals surface area contributed by atoms with E-state index in [-0.39, 0.29) is 17.9 Å². The van der Waals surface area contributed by atoms with Crippen molar-refractivity contribution in [1.82, 2.24) is 15.2 Å². The van der Waals surface area contributed by atoms with Gasteiger partial charge in [0.1, 0.15) is 0 Å². The highest BCUT2D eigenvalue weighted by atomic mass is 32.1. The molecule has 2 atom stereocenters. The van der Waals surface area contributed by atoms with Gasteiger partial charge < -0.3 is 10.2 Å². The number of carbonyl (C=O) groups is 2. The van der Waals surface area contributed by atoms with Gasteiger partial charge in [0.05, 0.1) is 16.5 Å². The van der Waals surface area contributed by atoms with E-state index in [0.29, 0.717) is 18.0 Å². The van der Waals surface area contributed by atoms with Gasteiger partial charge in [0, 0.05) is 25.3 Å². The largest absolute Gasteiger partial charge is 0.353 e. The van der Waals surface area contributed by atoms with Gasteiger partial charge in [-0.1, -0.05) is 19.1 Å². The predicted octanol–water partition coefficient (Wildman–Crippen LogP) is 2.80. The van der Waals surface area contributed by atoms with Gasteiger partial charge in [-0.3, -0.25) is 14.6 Å². The number of thiophene rings is 1. The Morgan fingerprint density at radius 2 is 2.25 bits per heavy atom. The van der Waals surface area contributed by atoms with Crippen molar-refractivity contribution in [2.45, 2.75) is 38.8 Å². The number of hydrogen-bond acceptors (Lipinski definition) is 4. The summed E-state index contributed by atoms with van der Waals surface area (Å²) < 4.78 is 0. The summed E-state index contributed by atoms with van der Waals surface area (Å²) in [5.41, 5.74) is 1.73. The lowest BCUT2D eigenvalue weighted by Gasteiger charge is -2.33. The third-order valence-corrected chi connectivity index (χ3v) is 5.21. The second-order valence-electron chi connectivity index (χ2n) is 6.08. The Kier molecular flexibility index (Phi) is 4.94. The van der Waals surface area contributed by atoms with Gasteiger partial charge in [-0.2, -0.15) is 0 Å². The molecule has 2 amide bonds. The first-order valence-electron chi connectivity index (χ1n) is 8.17. The molecule has 0 saturated heterocycles. The van der Waals surface area contributed by atoms with Gasteiger partial charge in [-0.15, -0.1) is 11.3 Å². The van der Waals surface area contributed by atoms with Crippen LogP contribution in [0.4, 0.5) is 0 Å². The topological polar surface area (TPSA) is 62.3 Å². The van der Waals surface area contributed by atoms with Crippen molar-refractivity contribution in [3.05, 3.63) is 52.0 Å². The number of carbonyl (C=O) groups excluding carboxylic acids is 2. The smallest absolute Gasteiger partial charge is 0.264 e. The average Bonchev–Trinajstić information content (AvgIpc) is 3.14. The second-order valence-corrected chi connectivity index (χ2v) is 7.03. The molecule has 0 saturated carbocycles. The van der Waals surface area contributed by atoms with E-state index in [4.69, 9.17) is 0 Å². The Balaban J connectivity index is 1.87. The maximum Gasteiger partial charge on any atom is 0.264 e. The van der Waals surface area contributed by atoms with E-state index in [1.54, 1.807) is 11.1 Å². The van der Waals surface area contributed by atoms with Crippen LogP contribution in [0.3, 0.4) is 0 Å². The van der Waals surface area contributed by atoms with Crippen molar-refractivity contribution in [3.8, 4) is 0 Å². The fraction of sp³-hybridized carbons (Fsp3) is 0.389. The molecule has 2 aromatic heterocycles. The highest BCUT2D eigenvalue weighted by Crippen LogP contribution is 2.28. The summed E-state index contributed by atoms with van der Waals surface area (Å²) in [6, 6.07) is 7.58. The van der Waals surface area contributed by atoms with E-state index in [1.807, 2.05) is 43.5 Å². The first-order valence-corrected chi connectivity index (χ1v) is 9.05. The molecule has 2 aromatic rings. The summed E-state index contributed by atoms with van der Waals surface area (Å²) in [6.07, 6.45) is 2.57. The maximum atomic E-state index is 12.7. The molecule has 5 nitrogen and oxygen atoms in total. The van der Waals surface area contributed by atoms with E-state index < -0.39 is 5.92 Å². The van der Waals surface area contributed by atoms with Gasteiger partial charge in [0.25, 0.3) is 5.91 Å². The number of amides is 2. The summed E-state index contributed by atoms with van der Waals surface area (Å²) >= 11 is 1.42. The van der Waals surface area contributed by atoms with Gasteiger partial charge in [0.15, 0.2) is 0 Å². The molecule has 0 bridgehead atoms. The van der Waals surface area contributed by atoms with E-state index in [2.05, 4.69) is 10.3 Å². The molecule has 0 radical (unpaired) electrons. The molecule has 1 aliphatic heterocycles. The fourth-order valence-electron chi connectivity index (χ4n) is 2.84. The van der Waals surface area contributed by atoms with Crippen LogP contribution >= 0.6 is 11.3 Å². The summed E-state index contributed by atoms with van der Waals surface area (Å²) in [7, 11) is 0. The summed E-state index contributed by atoms with van der Waals surface area (Å²) in [4.78, 5) is 32.3. The minimum absolute atomic E-state index is 0.0270. The third kappa shape index (κ3) is 3.33. The van der Waals surface area contributed by atoms with Crippen molar-refractivity contribution in [2.24, 2.45) is 0 Å². The number of rotatable bonds is 4. The average molecular weight is 343 g/mol. The van der Waals surface area contributed by atoms with Crippen LogP contribution in [0, 0.1) is 0 Å². The number of nitrogens with zero attached hydrogens (tertiary/aromatic N) is 2. The van der Waals surface area contributed by atoms with Crippen molar-refractivity contribution in [1.29, 1.82) is 0 Å². The molecule has 126 valence electrons. The Morgan fingerprint density at radius 3 is 2.96 bits per heavy atom. The monoisotopic (exact) mass is 343 g/mol. The number of aromatic nitrogens is 1. The Bertz CT molecular complexity index is 730. The Hall–Kier alpha value is -2.21. The van der Waals surface area contributed by atoms with Crippen LogP contribution < -0.4 is 5.32 Å². The summed E-state index contributed by atoms with van der Waals surface area (Å²) in [5, 5.41) is 4.91. The fourth-order valence-corrected chi connectivity index (χ4v) is 3.53. The van der Waals surface area contributed by atoms with Crippen LogP contribution in [0.1, 0.15) is 47.1 Å².